The fourth-order valence-corrected chi connectivity index (χ4v) is 5.16. The Kier molecular flexibility index (Phi) is 5.54. The van der Waals surface area contributed by atoms with Crippen LogP contribution in [0.25, 0.3) is 0 Å². The van der Waals surface area contributed by atoms with Gasteiger partial charge in [-0.05, 0) is 55.0 Å². The average molecular weight is 441 g/mol. The highest BCUT2D eigenvalue weighted by Crippen LogP contribution is 2.24. The van der Waals surface area contributed by atoms with Crippen molar-refractivity contribution in [2.24, 2.45) is 0 Å². The predicted octanol–water partition coefficient (Wildman–Crippen LogP) is 2.46. The lowest BCUT2D eigenvalue weighted by molar-refractivity contribution is 0.411. The molecule has 12 heteroatoms. The zero-order valence-electron chi connectivity index (χ0n) is 14.8. The van der Waals surface area contributed by atoms with Crippen LogP contribution in [-0.2, 0) is 20.0 Å². The number of benzene rings is 2. The van der Waals surface area contributed by atoms with Crippen molar-refractivity contribution < 1.29 is 21.6 Å². The van der Waals surface area contributed by atoms with Crippen molar-refractivity contribution in [1.82, 2.24) is 10.2 Å². The molecule has 0 unspecified atom stereocenters. The van der Waals surface area contributed by atoms with E-state index >= 15 is 0 Å². The molecule has 3 aromatic rings. The van der Waals surface area contributed by atoms with Crippen LogP contribution < -0.4 is 14.2 Å². The van der Waals surface area contributed by atoms with Gasteiger partial charge in [-0.1, -0.05) is 11.3 Å². The van der Waals surface area contributed by atoms with Crippen molar-refractivity contribution in [1.29, 1.82) is 0 Å². The van der Waals surface area contributed by atoms with Gasteiger partial charge in [0, 0.05) is 5.69 Å². The molecule has 0 aliphatic rings. The van der Waals surface area contributed by atoms with Crippen LogP contribution in [0.3, 0.4) is 0 Å². The molecule has 0 fully saturated rings. The number of hydrogen-bond donors (Lipinski definition) is 2. The van der Waals surface area contributed by atoms with Crippen molar-refractivity contribution in [3.63, 3.8) is 0 Å². The summed E-state index contributed by atoms with van der Waals surface area (Å²) in [5, 5.41) is 7.32. The molecule has 2 N–H and O–H groups in total. The Balaban J connectivity index is 1.79. The predicted molar refractivity (Wildman–Crippen MR) is 106 cm³/mol. The molecule has 0 aliphatic heterocycles. The minimum atomic E-state index is -3.84. The number of aryl methyl sites for hydroxylation is 1. The van der Waals surface area contributed by atoms with Crippen LogP contribution in [0, 0.1) is 6.92 Å². The van der Waals surface area contributed by atoms with Gasteiger partial charge < -0.3 is 4.74 Å². The highest BCUT2D eigenvalue weighted by atomic mass is 32.2. The van der Waals surface area contributed by atoms with Crippen molar-refractivity contribution in [2.75, 3.05) is 16.6 Å². The molecule has 0 bridgehead atoms. The molecule has 1 heterocycles. The van der Waals surface area contributed by atoms with Crippen LogP contribution in [0.5, 0.6) is 5.75 Å². The number of rotatable bonds is 7. The fourth-order valence-electron chi connectivity index (χ4n) is 2.33. The first-order valence-electron chi connectivity index (χ1n) is 7.78. The van der Waals surface area contributed by atoms with E-state index in [1.165, 1.54) is 49.0 Å². The number of anilines is 2. The SMILES string of the molecule is COc1ccc(S(=O)(=O)Nc2ccc(S(=O)(=O)Nc3nncs3)cc2)cc1C. The second-order valence-electron chi connectivity index (χ2n) is 5.61. The van der Waals surface area contributed by atoms with Crippen LogP contribution in [0.15, 0.2) is 57.8 Å². The molecule has 3 rings (SSSR count). The normalized spacial score (nSPS) is 11.8. The van der Waals surface area contributed by atoms with Gasteiger partial charge in [0.2, 0.25) is 5.13 Å². The van der Waals surface area contributed by atoms with E-state index in [1.54, 1.807) is 13.0 Å². The van der Waals surface area contributed by atoms with Crippen molar-refractivity contribution in [2.45, 2.75) is 16.7 Å². The molecule has 1 aromatic heterocycles. The first-order valence-corrected chi connectivity index (χ1v) is 11.6. The summed E-state index contributed by atoms with van der Waals surface area (Å²) in [4.78, 5) is 0.0337. The number of nitrogens with one attached hydrogen (secondary N) is 2. The van der Waals surface area contributed by atoms with Gasteiger partial charge in [-0.25, -0.2) is 16.8 Å². The Hall–Kier alpha value is -2.70. The maximum absolute atomic E-state index is 12.6. The van der Waals surface area contributed by atoms with Gasteiger partial charge in [-0.2, -0.15) is 0 Å². The number of ether oxygens (including phenoxy) is 1. The Morgan fingerprint density at radius 2 is 1.57 bits per heavy atom. The van der Waals surface area contributed by atoms with Gasteiger partial charge in [0.15, 0.2) is 0 Å². The number of hydrogen-bond acceptors (Lipinski definition) is 8. The number of sulfonamides is 2. The Bertz CT molecular complexity index is 1180. The quantitative estimate of drug-likeness (QED) is 0.578. The first-order chi connectivity index (χ1) is 13.2. The summed E-state index contributed by atoms with van der Waals surface area (Å²) >= 11 is 1.04. The molecule has 2 aromatic carbocycles. The first kappa shape index (κ1) is 20.0. The molecular formula is C16H16N4O5S3. The largest absolute Gasteiger partial charge is 0.496 e. The third-order valence-electron chi connectivity index (χ3n) is 3.68. The smallest absolute Gasteiger partial charge is 0.263 e. The number of nitrogens with zero attached hydrogens (tertiary/aromatic N) is 2. The van der Waals surface area contributed by atoms with Crippen LogP contribution in [0.1, 0.15) is 5.56 Å². The molecule has 0 saturated carbocycles. The monoisotopic (exact) mass is 440 g/mol. The van der Waals surface area contributed by atoms with E-state index < -0.39 is 20.0 Å². The molecule has 0 atom stereocenters. The summed E-state index contributed by atoms with van der Waals surface area (Å²) in [7, 11) is -6.18. The highest BCUT2D eigenvalue weighted by Gasteiger charge is 2.18. The van der Waals surface area contributed by atoms with Gasteiger partial charge in [-0.15, -0.1) is 10.2 Å². The van der Waals surface area contributed by atoms with E-state index in [2.05, 4.69) is 19.6 Å². The molecule has 9 nitrogen and oxygen atoms in total. The topological polar surface area (TPSA) is 127 Å². The van der Waals surface area contributed by atoms with E-state index in [0.29, 0.717) is 11.3 Å². The molecule has 28 heavy (non-hydrogen) atoms. The van der Waals surface area contributed by atoms with E-state index in [0.717, 1.165) is 11.3 Å². The Morgan fingerprint density at radius 3 is 2.14 bits per heavy atom. The van der Waals surface area contributed by atoms with E-state index in [1.807, 2.05) is 0 Å². The lowest BCUT2D eigenvalue weighted by Crippen LogP contribution is -2.14. The fraction of sp³-hybridized carbons (Fsp3) is 0.125. The minimum Gasteiger partial charge on any atom is -0.496 e. The summed E-state index contributed by atoms with van der Waals surface area (Å²) in [6.07, 6.45) is 0. The van der Waals surface area contributed by atoms with Gasteiger partial charge in [0.05, 0.1) is 16.9 Å². The maximum atomic E-state index is 12.6. The Morgan fingerprint density at radius 1 is 0.929 bits per heavy atom. The zero-order valence-corrected chi connectivity index (χ0v) is 17.2. The van der Waals surface area contributed by atoms with Crippen LogP contribution >= 0.6 is 11.3 Å². The zero-order chi connectivity index (χ0) is 20.4. The third kappa shape index (κ3) is 4.40. The van der Waals surface area contributed by atoms with Crippen LogP contribution in [-0.4, -0.2) is 34.1 Å². The van der Waals surface area contributed by atoms with E-state index in [-0.39, 0.29) is 20.6 Å². The average Bonchev–Trinajstić information content (AvgIpc) is 3.14. The van der Waals surface area contributed by atoms with Gasteiger partial charge in [0.25, 0.3) is 20.0 Å². The van der Waals surface area contributed by atoms with Gasteiger partial charge in [0.1, 0.15) is 11.3 Å². The lowest BCUT2D eigenvalue weighted by Gasteiger charge is -2.11. The molecule has 148 valence electrons. The number of methoxy groups -OCH3 is 1. The number of aromatic nitrogens is 2. The minimum absolute atomic E-state index is 0.0362. The highest BCUT2D eigenvalue weighted by molar-refractivity contribution is 7.93. The second-order valence-corrected chi connectivity index (χ2v) is 9.81. The van der Waals surface area contributed by atoms with Crippen molar-refractivity contribution in [3.05, 3.63) is 53.5 Å². The summed E-state index contributed by atoms with van der Waals surface area (Å²) in [6.45, 7) is 1.74. The molecule has 0 amide bonds. The van der Waals surface area contributed by atoms with Crippen LogP contribution in [0.4, 0.5) is 10.8 Å². The lowest BCUT2D eigenvalue weighted by atomic mass is 10.2. The molecule has 0 aliphatic carbocycles. The van der Waals surface area contributed by atoms with E-state index in [9.17, 15) is 16.8 Å². The van der Waals surface area contributed by atoms with Crippen molar-refractivity contribution in [3.8, 4) is 5.75 Å². The summed E-state index contributed by atoms with van der Waals surface area (Å²) < 4.78 is 59.5. The molecule has 0 saturated heterocycles. The van der Waals surface area contributed by atoms with Crippen LogP contribution in [0.2, 0.25) is 0 Å². The molecular weight excluding hydrogens is 424 g/mol. The summed E-state index contributed by atoms with van der Waals surface area (Å²) in [5.41, 5.74) is 2.30. The molecule has 0 radical (unpaired) electrons. The van der Waals surface area contributed by atoms with Gasteiger partial charge in [-0.3, -0.25) is 9.44 Å². The van der Waals surface area contributed by atoms with Gasteiger partial charge >= 0.3 is 0 Å². The summed E-state index contributed by atoms with van der Waals surface area (Å²) in [6, 6.07) is 9.80. The van der Waals surface area contributed by atoms with Crippen molar-refractivity contribution >= 4 is 42.2 Å². The molecule has 0 spiro atoms. The Labute approximate surface area is 166 Å². The maximum Gasteiger partial charge on any atom is 0.263 e. The van der Waals surface area contributed by atoms with E-state index in [4.69, 9.17) is 4.74 Å². The standard InChI is InChI=1S/C16H16N4O5S3/c1-11-9-14(7-8-15(11)25-2)28(23,24)19-12-3-5-13(6-4-12)27(21,22)20-16-18-17-10-26-16/h3-10,19H,1-2H3,(H,18,20). The summed E-state index contributed by atoms with van der Waals surface area (Å²) in [5.74, 6) is 0.580. The third-order valence-corrected chi connectivity index (χ3v) is 7.14. The second kappa shape index (κ2) is 7.73.